The lowest BCUT2D eigenvalue weighted by Gasteiger charge is -2.38. The van der Waals surface area contributed by atoms with Crippen molar-refractivity contribution in [1.82, 2.24) is 4.90 Å². The summed E-state index contributed by atoms with van der Waals surface area (Å²) in [6.07, 6.45) is 1.89. The molecule has 1 aromatic rings. The molecule has 1 saturated heterocycles. The lowest BCUT2D eigenvalue weighted by Crippen LogP contribution is -2.43. The quantitative estimate of drug-likeness (QED) is 0.890. The Hall–Kier alpha value is -1.62. The van der Waals surface area contributed by atoms with Gasteiger partial charge in [-0.3, -0.25) is 9.69 Å². The van der Waals surface area contributed by atoms with Crippen molar-refractivity contribution in [2.24, 2.45) is 5.41 Å². The molecule has 5 heteroatoms. The minimum absolute atomic E-state index is 0.344. The number of aromatic hydroxyl groups is 1. The Balaban J connectivity index is 1.97. The molecule has 0 atom stereocenters. The molecule has 4 nitrogen and oxygen atoms in total. The number of nitrogens with zero attached hydrogens (tertiary/aromatic N) is 1. The minimum Gasteiger partial charge on any atom is -0.505 e. The number of carboxylic acids is 1. The third-order valence-corrected chi connectivity index (χ3v) is 4.36. The molecule has 1 heterocycles. The molecular formula is C15H20FNO3. The average Bonchev–Trinajstić information content (AvgIpc) is 2.44. The summed E-state index contributed by atoms with van der Waals surface area (Å²) >= 11 is 0. The van der Waals surface area contributed by atoms with Crippen LogP contribution in [0.2, 0.25) is 0 Å². The van der Waals surface area contributed by atoms with Crippen molar-refractivity contribution in [3.8, 4) is 5.75 Å². The lowest BCUT2D eigenvalue weighted by molar-refractivity contribution is -0.152. The third kappa shape index (κ3) is 2.93. The topological polar surface area (TPSA) is 60.8 Å². The van der Waals surface area contributed by atoms with Crippen molar-refractivity contribution in [3.63, 3.8) is 0 Å². The number of carboxylic acid groups (broad SMARTS) is 1. The fraction of sp³-hybridized carbons (Fsp3) is 0.533. The predicted molar refractivity (Wildman–Crippen MR) is 72.9 cm³/mol. The van der Waals surface area contributed by atoms with Gasteiger partial charge in [0, 0.05) is 6.54 Å². The number of hydrogen-bond acceptors (Lipinski definition) is 3. The van der Waals surface area contributed by atoms with Crippen LogP contribution in [0.5, 0.6) is 5.75 Å². The summed E-state index contributed by atoms with van der Waals surface area (Å²) in [4.78, 5) is 13.5. The van der Waals surface area contributed by atoms with Gasteiger partial charge in [-0.1, -0.05) is 13.0 Å². The monoisotopic (exact) mass is 281 g/mol. The van der Waals surface area contributed by atoms with Crippen LogP contribution < -0.4 is 0 Å². The van der Waals surface area contributed by atoms with Crippen molar-refractivity contribution in [2.75, 3.05) is 13.1 Å². The van der Waals surface area contributed by atoms with Crippen LogP contribution in [0.3, 0.4) is 0 Å². The van der Waals surface area contributed by atoms with Crippen LogP contribution >= 0.6 is 0 Å². The van der Waals surface area contributed by atoms with Crippen LogP contribution in [-0.2, 0) is 11.3 Å². The first-order valence-electron chi connectivity index (χ1n) is 6.90. The number of hydrogen-bond donors (Lipinski definition) is 2. The maximum atomic E-state index is 13.3. The van der Waals surface area contributed by atoms with Crippen LogP contribution in [0.4, 0.5) is 4.39 Å². The summed E-state index contributed by atoms with van der Waals surface area (Å²) in [5, 5.41) is 18.5. The fourth-order valence-corrected chi connectivity index (χ4v) is 2.76. The molecule has 0 saturated carbocycles. The second-order valence-electron chi connectivity index (χ2n) is 5.50. The molecule has 0 unspecified atom stereocenters. The third-order valence-electron chi connectivity index (χ3n) is 4.36. The number of piperidine rings is 1. The molecule has 0 radical (unpaired) electrons. The van der Waals surface area contributed by atoms with E-state index in [1.807, 2.05) is 6.92 Å². The van der Waals surface area contributed by atoms with Gasteiger partial charge in [0.05, 0.1) is 5.41 Å². The highest BCUT2D eigenvalue weighted by molar-refractivity contribution is 5.74. The Labute approximate surface area is 117 Å². The van der Waals surface area contributed by atoms with Crippen molar-refractivity contribution in [2.45, 2.75) is 32.7 Å². The predicted octanol–water partition coefficient (Wildman–Crippen LogP) is 2.61. The van der Waals surface area contributed by atoms with E-state index >= 15 is 0 Å². The zero-order chi connectivity index (χ0) is 14.8. The molecule has 20 heavy (non-hydrogen) atoms. The van der Waals surface area contributed by atoms with E-state index in [-0.39, 0.29) is 5.75 Å². The van der Waals surface area contributed by atoms with Crippen molar-refractivity contribution in [1.29, 1.82) is 0 Å². The zero-order valence-corrected chi connectivity index (χ0v) is 11.6. The Morgan fingerprint density at radius 1 is 1.40 bits per heavy atom. The van der Waals surface area contributed by atoms with Gasteiger partial charge in [-0.15, -0.1) is 0 Å². The summed E-state index contributed by atoms with van der Waals surface area (Å²) in [6, 6.07) is 4.37. The minimum atomic E-state index is -0.713. The standard InChI is InChI=1S/C15H20FNO3/c1-2-15(14(19)20)5-7-17(8-6-15)10-11-3-4-13(18)12(16)9-11/h3-4,9,18H,2,5-8,10H2,1H3,(H,19,20). The summed E-state index contributed by atoms with van der Waals surface area (Å²) in [5.74, 6) is -1.67. The Morgan fingerprint density at radius 3 is 2.55 bits per heavy atom. The summed E-state index contributed by atoms with van der Waals surface area (Å²) in [5.41, 5.74) is 0.191. The van der Waals surface area contributed by atoms with Crippen molar-refractivity contribution in [3.05, 3.63) is 29.6 Å². The fourth-order valence-electron chi connectivity index (χ4n) is 2.76. The molecule has 0 spiro atoms. The lowest BCUT2D eigenvalue weighted by atomic mass is 9.76. The molecule has 0 aliphatic carbocycles. The molecule has 1 aliphatic heterocycles. The SMILES string of the molecule is CCC1(C(=O)O)CCN(Cc2ccc(O)c(F)c2)CC1. The maximum Gasteiger partial charge on any atom is 0.309 e. The average molecular weight is 281 g/mol. The van der Waals surface area contributed by atoms with Crippen molar-refractivity contribution >= 4 is 5.97 Å². The van der Waals surface area contributed by atoms with Gasteiger partial charge in [0.2, 0.25) is 0 Å². The molecule has 0 aromatic heterocycles. The van der Waals surface area contributed by atoms with Gasteiger partial charge < -0.3 is 10.2 Å². The van der Waals surface area contributed by atoms with Gasteiger partial charge in [0.1, 0.15) is 0 Å². The first kappa shape index (κ1) is 14.8. The Morgan fingerprint density at radius 2 is 2.05 bits per heavy atom. The van der Waals surface area contributed by atoms with E-state index in [4.69, 9.17) is 5.11 Å². The summed E-state index contributed by atoms with van der Waals surface area (Å²) in [6.45, 7) is 3.89. The summed E-state index contributed by atoms with van der Waals surface area (Å²) < 4.78 is 13.3. The van der Waals surface area contributed by atoms with Gasteiger partial charge in [-0.05, 0) is 50.0 Å². The van der Waals surface area contributed by atoms with Crippen LogP contribution in [0.1, 0.15) is 31.7 Å². The number of likely N-dealkylation sites (tertiary alicyclic amines) is 1. The Bertz CT molecular complexity index is 496. The zero-order valence-electron chi connectivity index (χ0n) is 11.6. The Kier molecular flexibility index (Phi) is 4.28. The van der Waals surface area contributed by atoms with Gasteiger partial charge in [-0.2, -0.15) is 0 Å². The highest BCUT2D eigenvalue weighted by Crippen LogP contribution is 2.35. The van der Waals surface area contributed by atoms with E-state index in [0.29, 0.717) is 38.9 Å². The number of carbonyl (C=O) groups is 1. The second-order valence-corrected chi connectivity index (χ2v) is 5.50. The van der Waals surface area contributed by atoms with Crippen LogP contribution in [0, 0.1) is 11.2 Å². The van der Waals surface area contributed by atoms with E-state index in [9.17, 15) is 14.3 Å². The first-order valence-corrected chi connectivity index (χ1v) is 6.90. The van der Waals surface area contributed by atoms with Gasteiger partial charge in [0.15, 0.2) is 11.6 Å². The first-order chi connectivity index (χ1) is 9.47. The van der Waals surface area contributed by atoms with E-state index < -0.39 is 17.2 Å². The number of benzene rings is 1. The summed E-state index contributed by atoms with van der Waals surface area (Å²) in [7, 11) is 0. The molecule has 2 rings (SSSR count). The van der Waals surface area contributed by atoms with E-state index in [1.165, 1.54) is 12.1 Å². The van der Waals surface area contributed by atoms with E-state index in [1.54, 1.807) is 6.07 Å². The largest absolute Gasteiger partial charge is 0.505 e. The molecule has 110 valence electrons. The number of phenols is 1. The second kappa shape index (κ2) is 5.79. The molecule has 2 N–H and O–H groups in total. The molecule has 1 aliphatic rings. The number of phenolic OH excluding ortho intramolecular Hbond substituents is 1. The molecule has 1 fully saturated rings. The van der Waals surface area contributed by atoms with E-state index in [2.05, 4.69) is 4.90 Å². The highest BCUT2D eigenvalue weighted by Gasteiger charge is 2.39. The van der Waals surface area contributed by atoms with Crippen LogP contribution in [-0.4, -0.2) is 34.2 Å². The molecular weight excluding hydrogens is 261 g/mol. The number of rotatable bonds is 4. The number of halogens is 1. The van der Waals surface area contributed by atoms with Gasteiger partial charge in [-0.25, -0.2) is 4.39 Å². The van der Waals surface area contributed by atoms with E-state index in [0.717, 1.165) is 5.56 Å². The van der Waals surface area contributed by atoms with Crippen molar-refractivity contribution < 1.29 is 19.4 Å². The van der Waals surface area contributed by atoms with Gasteiger partial charge >= 0.3 is 5.97 Å². The molecule has 0 amide bonds. The normalized spacial score (nSPS) is 18.9. The number of aliphatic carboxylic acids is 1. The van der Waals surface area contributed by atoms with Crippen LogP contribution in [0.25, 0.3) is 0 Å². The van der Waals surface area contributed by atoms with Crippen LogP contribution in [0.15, 0.2) is 18.2 Å². The molecule has 0 bridgehead atoms. The smallest absolute Gasteiger partial charge is 0.309 e. The molecule has 1 aromatic carbocycles. The van der Waals surface area contributed by atoms with Gasteiger partial charge in [0.25, 0.3) is 0 Å². The maximum absolute atomic E-state index is 13.3. The highest BCUT2D eigenvalue weighted by atomic mass is 19.1.